The Morgan fingerprint density at radius 2 is 1.83 bits per heavy atom. The second-order valence-corrected chi connectivity index (χ2v) is 11.3. The Balaban J connectivity index is 1.42. The number of aromatic nitrogens is 3. The lowest BCUT2D eigenvalue weighted by molar-refractivity contribution is 0.0683. The van der Waals surface area contributed by atoms with Crippen molar-refractivity contribution in [1.82, 2.24) is 19.2 Å². The van der Waals surface area contributed by atoms with Crippen LogP contribution in [-0.2, 0) is 37.9 Å². The topological polar surface area (TPSA) is 81.8 Å². The molecule has 3 aromatic carbocycles. The van der Waals surface area contributed by atoms with Crippen LogP contribution in [0.2, 0.25) is 0 Å². The first-order chi connectivity index (χ1) is 20.4. The summed E-state index contributed by atoms with van der Waals surface area (Å²) in [5.41, 5.74) is 6.24. The number of nitrogens with zero attached hydrogens (tertiary/aromatic N) is 4. The molecule has 2 aromatic heterocycles. The Hall–Kier alpha value is -4.14. The molecule has 0 amide bonds. The predicted octanol–water partition coefficient (Wildman–Crippen LogP) is 6.28. The summed E-state index contributed by atoms with van der Waals surface area (Å²) in [5.74, 6) is -0.0429. The van der Waals surface area contributed by atoms with Gasteiger partial charge in [0, 0.05) is 48.6 Å². The number of aryl methyl sites for hydroxylation is 3. The number of rotatable bonds is 8. The normalized spacial score (nSPS) is 13.8. The van der Waals surface area contributed by atoms with Crippen LogP contribution in [0.1, 0.15) is 46.7 Å². The molecule has 218 valence electrons. The van der Waals surface area contributed by atoms with E-state index in [1.54, 1.807) is 0 Å². The average Bonchev–Trinajstić information content (AvgIpc) is 3.44. The summed E-state index contributed by atoms with van der Waals surface area (Å²) in [4.78, 5) is 15.0. The third-order valence-corrected chi connectivity index (χ3v) is 8.10. The number of hydrogen-bond acceptors (Lipinski definition) is 5. The number of carbonyl (C=O) groups is 1. The maximum Gasteiger partial charge on any atom is 0.352 e. The number of hydrogen-bond donors (Lipinski definition) is 1. The van der Waals surface area contributed by atoms with Crippen LogP contribution in [0.4, 0.5) is 0 Å². The van der Waals surface area contributed by atoms with Gasteiger partial charge in [0.05, 0.1) is 30.1 Å². The number of aromatic carboxylic acids is 1. The Kier molecular flexibility index (Phi) is 8.00. The molecule has 0 saturated carbocycles. The van der Waals surface area contributed by atoms with Crippen LogP contribution in [0.25, 0.3) is 32.8 Å². The zero-order chi connectivity index (χ0) is 29.2. The molecule has 0 saturated heterocycles. The zero-order valence-electron chi connectivity index (χ0n) is 24.6. The minimum atomic E-state index is -0.895. The van der Waals surface area contributed by atoms with Crippen LogP contribution in [0.3, 0.4) is 0 Å². The molecule has 0 radical (unpaired) electrons. The smallest absolute Gasteiger partial charge is 0.352 e. The van der Waals surface area contributed by atoms with Gasteiger partial charge in [0.2, 0.25) is 0 Å². The summed E-state index contributed by atoms with van der Waals surface area (Å²) in [6.07, 6.45) is 2.99. The van der Waals surface area contributed by atoms with Crippen LogP contribution in [0, 0.1) is 0 Å². The van der Waals surface area contributed by atoms with Gasteiger partial charge in [-0.2, -0.15) is 5.10 Å². The first kappa shape index (κ1) is 28.0. The van der Waals surface area contributed by atoms with Crippen molar-refractivity contribution in [3.05, 3.63) is 83.3 Å². The summed E-state index contributed by atoms with van der Waals surface area (Å²) in [5, 5.41) is 18.7. The van der Waals surface area contributed by atoms with Crippen molar-refractivity contribution in [3.8, 4) is 16.9 Å². The van der Waals surface area contributed by atoms with E-state index in [0.29, 0.717) is 51.4 Å². The first-order valence-corrected chi connectivity index (χ1v) is 14.7. The summed E-state index contributed by atoms with van der Waals surface area (Å²) in [6, 6.07) is 20.5. The van der Waals surface area contributed by atoms with Gasteiger partial charge >= 0.3 is 5.97 Å². The molecule has 0 spiro atoms. The van der Waals surface area contributed by atoms with E-state index in [4.69, 9.17) is 14.6 Å². The second-order valence-electron chi connectivity index (χ2n) is 11.3. The number of benzene rings is 3. The van der Waals surface area contributed by atoms with E-state index in [-0.39, 0.29) is 0 Å². The monoisotopic (exact) mass is 566 g/mol. The van der Waals surface area contributed by atoms with Gasteiger partial charge in [0.1, 0.15) is 11.4 Å². The molecule has 1 aliphatic heterocycles. The Morgan fingerprint density at radius 3 is 2.67 bits per heavy atom. The highest BCUT2D eigenvalue weighted by atomic mass is 16.5. The van der Waals surface area contributed by atoms with Crippen molar-refractivity contribution < 1.29 is 19.4 Å². The SMILES string of the molecule is CN(C)Cc1nn(C)c2c1-c1cccc3c(CCCOc4cccc5ccccc45)c(C(=O)O)n(c13)CCCCOC2. The van der Waals surface area contributed by atoms with E-state index in [9.17, 15) is 9.90 Å². The van der Waals surface area contributed by atoms with Crippen LogP contribution in [-0.4, -0.2) is 57.6 Å². The van der Waals surface area contributed by atoms with Gasteiger partial charge in [-0.05, 0) is 56.8 Å². The number of para-hydroxylation sites is 1. The molecule has 0 bridgehead atoms. The number of carboxylic acids is 1. The van der Waals surface area contributed by atoms with Crippen LogP contribution in [0.5, 0.6) is 5.75 Å². The van der Waals surface area contributed by atoms with Gasteiger partial charge in [-0.1, -0.05) is 54.6 Å². The maximum absolute atomic E-state index is 12.9. The highest BCUT2D eigenvalue weighted by Crippen LogP contribution is 2.39. The summed E-state index contributed by atoms with van der Waals surface area (Å²) in [7, 11) is 6.03. The molecule has 42 heavy (non-hydrogen) atoms. The minimum absolute atomic E-state index is 0.377. The maximum atomic E-state index is 12.9. The lowest BCUT2D eigenvalue weighted by atomic mass is 9.98. The summed E-state index contributed by atoms with van der Waals surface area (Å²) >= 11 is 0. The largest absolute Gasteiger partial charge is 0.493 e. The molecule has 6 rings (SSSR count). The van der Waals surface area contributed by atoms with Gasteiger partial charge < -0.3 is 24.0 Å². The molecular formula is C34H38N4O4. The van der Waals surface area contributed by atoms with Crippen molar-refractivity contribution in [2.45, 2.75) is 45.4 Å². The molecule has 8 nitrogen and oxygen atoms in total. The van der Waals surface area contributed by atoms with Crippen LogP contribution < -0.4 is 4.74 Å². The fraction of sp³-hybridized carbons (Fsp3) is 0.353. The quantitative estimate of drug-likeness (QED) is 0.223. The van der Waals surface area contributed by atoms with E-state index in [2.05, 4.69) is 35.2 Å². The highest BCUT2D eigenvalue weighted by Gasteiger charge is 2.28. The van der Waals surface area contributed by atoms with E-state index in [1.807, 2.05) is 60.7 Å². The number of carboxylic acid groups (broad SMARTS) is 1. The Morgan fingerprint density at radius 1 is 1.05 bits per heavy atom. The molecule has 1 aliphatic rings. The van der Waals surface area contributed by atoms with Gasteiger partial charge in [-0.3, -0.25) is 4.68 Å². The van der Waals surface area contributed by atoms with Crippen LogP contribution in [0.15, 0.2) is 60.7 Å². The van der Waals surface area contributed by atoms with Crippen molar-refractivity contribution in [1.29, 1.82) is 0 Å². The van der Waals surface area contributed by atoms with Gasteiger partial charge in [0.15, 0.2) is 0 Å². The minimum Gasteiger partial charge on any atom is -0.493 e. The van der Waals surface area contributed by atoms with Crippen molar-refractivity contribution in [2.75, 3.05) is 27.3 Å². The summed E-state index contributed by atoms with van der Waals surface area (Å²) in [6.45, 7) is 2.87. The standard InChI is InChI=1S/C34H38N4O4/c1-36(2)21-28-31-27-15-9-14-25-26(16-10-20-42-30-17-8-12-23-11-4-5-13-24(23)30)33(34(39)40)38(32(25)27)18-6-7-19-41-22-29(31)37(3)35-28/h4-5,8-9,11-15,17H,6-7,10,16,18-22H2,1-3H3,(H,39,40). The molecule has 8 heteroatoms. The molecule has 5 aromatic rings. The zero-order valence-corrected chi connectivity index (χ0v) is 24.6. The van der Waals surface area contributed by atoms with Crippen molar-refractivity contribution >= 4 is 27.6 Å². The molecule has 0 aliphatic carbocycles. The van der Waals surface area contributed by atoms with Gasteiger partial charge in [-0.15, -0.1) is 0 Å². The van der Waals surface area contributed by atoms with Gasteiger partial charge in [0.25, 0.3) is 0 Å². The molecule has 3 heterocycles. The Bertz CT molecular complexity index is 1740. The van der Waals surface area contributed by atoms with E-state index in [0.717, 1.165) is 68.3 Å². The Labute approximate surface area is 246 Å². The molecule has 0 unspecified atom stereocenters. The van der Waals surface area contributed by atoms with E-state index >= 15 is 0 Å². The lowest BCUT2D eigenvalue weighted by Crippen LogP contribution is -2.13. The van der Waals surface area contributed by atoms with Gasteiger partial charge in [-0.25, -0.2) is 4.79 Å². The lowest BCUT2D eigenvalue weighted by Gasteiger charge is -2.14. The fourth-order valence-electron chi connectivity index (χ4n) is 6.31. The molecular weight excluding hydrogens is 528 g/mol. The molecule has 0 atom stereocenters. The van der Waals surface area contributed by atoms with E-state index in [1.165, 1.54) is 0 Å². The van der Waals surface area contributed by atoms with E-state index < -0.39 is 5.97 Å². The highest BCUT2D eigenvalue weighted by molar-refractivity contribution is 6.04. The average molecular weight is 567 g/mol. The number of ether oxygens (including phenoxy) is 2. The van der Waals surface area contributed by atoms with Crippen molar-refractivity contribution in [2.24, 2.45) is 7.05 Å². The van der Waals surface area contributed by atoms with Crippen molar-refractivity contribution in [3.63, 3.8) is 0 Å². The fourth-order valence-corrected chi connectivity index (χ4v) is 6.31. The predicted molar refractivity (Wildman–Crippen MR) is 165 cm³/mol. The third-order valence-electron chi connectivity index (χ3n) is 8.10. The summed E-state index contributed by atoms with van der Waals surface area (Å²) < 4.78 is 16.3. The molecule has 1 N–H and O–H groups in total. The second kappa shape index (κ2) is 12.0. The first-order valence-electron chi connectivity index (χ1n) is 14.7. The third kappa shape index (κ3) is 5.28. The van der Waals surface area contributed by atoms with Crippen LogP contribution >= 0.6 is 0 Å². The molecule has 0 fully saturated rings. The number of fused-ring (bicyclic) bond motifs is 3.